The van der Waals surface area contributed by atoms with Crippen molar-refractivity contribution in [2.45, 2.75) is 38.3 Å². The average molecular weight is 258 g/mol. The Hall–Kier alpha value is -1.11. The Morgan fingerprint density at radius 1 is 1.47 bits per heavy atom. The van der Waals surface area contributed by atoms with Gasteiger partial charge in [-0.25, -0.2) is 4.39 Å². The van der Waals surface area contributed by atoms with E-state index in [-0.39, 0.29) is 0 Å². The molecular formula is C10H15FN4OS. The zero-order valence-corrected chi connectivity index (χ0v) is 11.1. The van der Waals surface area contributed by atoms with Crippen molar-refractivity contribution >= 4 is 16.8 Å². The van der Waals surface area contributed by atoms with Crippen LogP contribution in [0.2, 0.25) is 0 Å². The Bertz CT molecular complexity index is 457. The Morgan fingerprint density at radius 2 is 2.18 bits per heavy atom. The predicted molar refractivity (Wildman–Crippen MR) is 64.5 cm³/mol. The molecule has 0 bridgehead atoms. The van der Waals surface area contributed by atoms with Crippen LogP contribution in [-0.4, -0.2) is 31.6 Å². The van der Waals surface area contributed by atoms with Crippen LogP contribution < -0.4 is 0 Å². The molecule has 2 rings (SSSR count). The molecule has 0 N–H and O–H groups in total. The van der Waals surface area contributed by atoms with Gasteiger partial charge in [0, 0.05) is 7.05 Å². The molecule has 1 atom stereocenters. The number of aromatic nitrogens is 3. The maximum absolute atomic E-state index is 13.9. The van der Waals surface area contributed by atoms with Gasteiger partial charge < -0.3 is 9.40 Å². The van der Waals surface area contributed by atoms with Crippen LogP contribution in [0, 0.1) is 6.92 Å². The summed E-state index contributed by atoms with van der Waals surface area (Å²) in [6.07, 6.45) is -1.18. The molecule has 1 aliphatic heterocycles. The van der Waals surface area contributed by atoms with Crippen molar-refractivity contribution in [2.75, 3.05) is 0 Å². The molecule has 1 aromatic heterocycles. The van der Waals surface area contributed by atoms with Crippen molar-refractivity contribution in [3.63, 3.8) is 0 Å². The van der Waals surface area contributed by atoms with Crippen molar-refractivity contribution in [3.05, 3.63) is 11.6 Å². The fourth-order valence-electron chi connectivity index (χ4n) is 1.37. The standard InChI is InChI=1S/C10H15FN4OS/c1-6-12-13-7(15(6)4)5-17-9-8(11)10(2,3)16-14-9/h8H,5H2,1-4H3. The highest BCUT2D eigenvalue weighted by Crippen LogP contribution is 2.31. The van der Waals surface area contributed by atoms with E-state index in [1.807, 2.05) is 18.5 Å². The van der Waals surface area contributed by atoms with Gasteiger partial charge in [-0.1, -0.05) is 16.9 Å². The van der Waals surface area contributed by atoms with Gasteiger partial charge in [0.05, 0.1) is 5.75 Å². The molecule has 0 fully saturated rings. The lowest BCUT2D eigenvalue weighted by Crippen LogP contribution is -2.33. The highest BCUT2D eigenvalue weighted by Gasteiger charge is 2.42. The topological polar surface area (TPSA) is 52.3 Å². The number of thioether (sulfide) groups is 1. The summed E-state index contributed by atoms with van der Waals surface area (Å²) in [7, 11) is 1.88. The summed E-state index contributed by atoms with van der Waals surface area (Å²) in [6, 6.07) is 0. The highest BCUT2D eigenvalue weighted by molar-refractivity contribution is 8.13. The van der Waals surface area contributed by atoms with E-state index in [1.54, 1.807) is 13.8 Å². The van der Waals surface area contributed by atoms with E-state index in [4.69, 9.17) is 4.84 Å². The first-order chi connectivity index (χ1) is 7.92. The van der Waals surface area contributed by atoms with Crippen LogP contribution >= 0.6 is 11.8 Å². The van der Waals surface area contributed by atoms with E-state index < -0.39 is 11.8 Å². The maximum Gasteiger partial charge on any atom is 0.193 e. The van der Waals surface area contributed by atoms with Crippen LogP contribution in [0.15, 0.2) is 5.16 Å². The molecule has 2 heterocycles. The lowest BCUT2D eigenvalue weighted by molar-refractivity contribution is -0.0232. The van der Waals surface area contributed by atoms with E-state index in [1.165, 1.54) is 11.8 Å². The molecule has 0 saturated carbocycles. The Labute approximate surface area is 103 Å². The average Bonchev–Trinajstić information content (AvgIpc) is 2.71. The van der Waals surface area contributed by atoms with Crippen molar-refractivity contribution in [3.8, 4) is 0 Å². The van der Waals surface area contributed by atoms with E-state index in [0.717, 1.165) is 11.6 Å². The summed E-state index contributed by atoms with van der Waals surface area (Å²) in [5, 5.41) is 12.1. The number of hydrogen-bond acceptors (Lipinski definition) is 5. The number of hydrogen-bond donors (Lipinski definition) is 0. The summed E-state index contributed by atoms with van der Waals surface area (Å²) in [6.45, 7) is 5.24. The third-order valence-corrected chi connectivity index (χ3v) is 3.71. The normalized spacial score (nSPS) is 22.4. The van der Waals surface area contributed by atoms with E-state index in [2.05, 4.69) is 15.4 Å². The number of alkyl halides is 1. The molecule has 0 amide bonds. The molecule has 1 aliphatic rings. The summed E-state index contributed by atoms with van der Waals surface area (Å²) in [5.74, 6) is 2.17. The molecular weight excluding hydrogens is 243 g/mol. The van der Waals surface area contributed by atoms with Crippen molar-refractivity contribution < 1.29 is 9.23 Å². The lowest BCUT2D eigenvalue weighted by atomic mass is 10.1. The first kappa shape index (κ1) is 12.3. The van der Waals surface area contributed by atoms with Gasteiger partial charge in [0.15, 0.2) is 16.8 Å². The number of halogens is 1. The molecule has 17 heavy (non-hydrogen) atoms. The molecule has 0 aliphatic carbocycles. The van der Waals surface area contributed by atoms with Gasteiger partial charge >= 0.3 is 0 Å². The van der Waals surface area contributed by atoms with Crippen molar-refractivity contribution in [2.24, 2.45) is 12.2 Å². The number of aryl methyl sites for hydroxylation is 1. The van der Waals surface area contributed by atoms with Crippen LogP contribution in [0.25, 0.3) is 0 Å². The van der Waals surface area contributed by atoms with Crippen LogP contribution in [-0.2, 0) is 17.6 Å². The SMILES string of the molecule is Cc1nnc(CSC2=NOC(C)(C)C2F)n1C. The third-order valence-electron chi connectivity index (χ3n) is 2.73. The fraction of sp³-hybridized carbons (Fsp3) is 0.700. The van der Waals surface area contributed by atoms with Crippen LogP contribution in [0.3, 0.4) is 0 Å². The van der Waals surface area contributed by atoms with Crippen LogP contribution in [0.1, 0.15) is 25.5 Å². The first-order valence-corrected chi connectivity index (χ1v) is 6.28. The summed E-state index contributed by atoms with van der Waals surface area (Å²) >= 11 is 1.30. The minimum absolute atomic E-state index is 0.371. The smallest absolute Gasteiger partial charge is 0.193 e. The summed E-state index contributed by atoms with van der Waals surface area (Å²) < 4.78 is 15.7. The van der Waals surface area contributed by atoms with Crippen LogP contribution in [0.4, 0.5) is 4.39 Å². The van der Waals surface area contributed by atoms with Crippen LogP contribution in [0.5, 0.6) is 0 Å². The van der Waals surface area contributed by atoms with E-state index in [9.17, 15) is 4.39 Å². The second kappa shape index (κ2) is 4.29. The number of nitrogens with zero attached hydrogens (tertiary/aromatic N) is 4. The van der Waals surface area contributed by atoms with Gasteiger partial charge in [-0.2, -0.15) is 0 Å². The zero-order chi connectivity index (χ0) is 12.6. The minimum atomic E-state index is -1.18. The molecule has 0 aromatic carbocycles. The zero-order valence-electron chi connectivity index (χ0n) is 10.3. The molecule has 1 unspecified atom stereocenters. The van der Waals surface area contributed by atoms with E-state index in [0.29, 0.717) is 10.8 Å². The second-order valence-electron chi connectivity index (χ2n) is 4.50. The Balaban J connectivity index is 1.98. The minimum Gasteiger partial charge on any atom is -0.385 e. The first-order valence-electron chi connectivity index (χ1n) is 5.29. The lowest BCUT2D eigenvalue weighted by Gasteiger charge is -2.17. The molecule has 94 valence electrons. The highest BCUT2D eigenvalue weighted by atomic mass is 32.2. The maximum atomic E-state index is 13.9. The quantitative estimate of drug-likeness (QED) is 0.812. The molecule has 0 spiro atoms. The fourth-order valence-corrected chi connectivity index (χ4v) is 2.42. The molecule has 0 saturated heterocycles. The number of rotatable bonds is 2. The van der Waals surface area contributed by atoms with Crippen molar-refractivity contribution in [1.29, 1.82) is 0 Å². The van der Waals surface area contributed by atoms with Gasteiger partial charge in [0.2, 0.25) is 0 Å². The van der Waals surface area contributed by atoms with Gasteiger partial charge in [-0.05, 0) is 20.8 Å². The molecule has 0 radical (unpaired) electrons. The summed E-state index contributed by atoms with van der Waals surface area (Å²) in [4.78, 5) is 5.04. The Kier molecular flexibility index (Phi) is 3.11. The third kappa shape index (κ3) is 2.29. The Morgan fingerprint density at radius 3 is 2.65 bits per heavy atom. The van der Waals surface area contributed by atoms with Gasteiger partial charge in [0.1, 0.15) is 11.6 Å². The largest absolute Gasteiger partial charge is 0.385 e. The van der Waals surface area contributed by atoms with E-state index >= 15 is 0 Å². The van der Waals surface area contributed by atoms with Gasteiger partial charge in [-0.15, -0.1) is 10.2 Å². The summed E-state index contributed by atoms with van der Waals surface area (Å²) in [5.41, 5.74) is -0.863. The molecule has 7 heteroatoms. The monoisotopic (exact) mass is 258 g/mol. The van der Waals surface area contributed by atoms with Crippen molar-refractivity contribution in [1.82, 2.24) is 14.8 Å². The second-order valence-corrected chi connectivity index (χ2v) is 5.49. The predicted octanol–water partition coefficient (Wildman–Crippen LogP) is 1.82. The van der Waals surface area contributed by atoms with Gasteiger partial charge in [-0.3, -0.25) is 0 Å². The van der Waals surface area contributed by atoms with Gasteiger partial charge in [0.25, 0.3) is 0 Å². The molecule has 5 nitrogen and oxygen atoms in total. The molecule has 1 aromatic rings. The number of oxime groups is 1.